The van der Waals surface area contributed by atoms with Crippen LogP contribution in [0.5, 0.6) is 0 Å². The number of hydrogen-bond acceptors (Lipinski definition) is 5. The van der Waals surface area contributed by atoms with Gasteiger partial charge in [0.15, 0.2) is 11.5 Å². The van der Waals surface area contributed by atoms with Gasteiger partial charge in [-0.2, -0.15) is 0 Å². The summed E-state index contributed by atoms with van der Waals surface area (Å²) in [6.45, 7) is 0. The molecule has 2 aliphatic rings. The van der Waals surface area contributed by atoms with Gasteiger partial charge >= 0.3 is 0 Å². The van der Waals surface area contributed by atoms with Gasteiger partial charge in [-0.1, -0.05) is 19.3 Å². The van der Waals surface area contributed by atoms with E-state index in [1.165, 1.54) is 32.1 Å². The normalized spacial score (nSPS) is 26.6. The van der Waals surface area contributed by atoms with Gasteiger partial charge in [0.05, 0.1) is 6.10 Å². The summed E-state index contributed by atoms with van der Waals surface area (Å²) < 4.78 is 0. The highest BCUT2D eigenvalue weighted by Crippen LogP contribution is 2.33. The van der Waals surface area contributed by atoms with Crippen molar-refractivity contribution in [2.45, 2.75) is 69.4 Å². The van der Waals surface area contributed by atoms with Crippen LogP contribution in [0, 0.1) is 0 Å². The first-order chi connectivity index (χ1) is 10.8. The summed E-state index contributed by atoms with van der Waals surface area (Å²) in [5, 5.41) is 13.1. The van der Waals surface area contributed by atoms with E-state index in [2.05, 4.69) is 20.3 Å². The summed E-state index contributed by atoms with van der Waals surface area (Å²) in [5.74, 6) is 2.41. The number of imidazole rings is 1. The molecule has 0 radical (unpaired) electrons. The Balaban J connectivity index is 1.60. The third kappa shape index (κ3) is 2.67. The van der Waals surface area contributed by atoms with Crippen LogP contribution < -0.4 is 5.32 Å². The number of rotatable bonds is 3. The molecule has 2 aromatic heterocycles. The largest absolute Gasteiger partial charge is 0.393 e. The highest BCUT2D eigenvalue weighted by atomic mass is 16.3. The second-order valence-electron chi connectivity index (χ2n) is 6.69. The van der Waals surface area contributed by atoms with E-state index in [1.54, 1.807) is 6.33 Å². The first kappa shape index (κ1) is 13.9. The van der Waals surface area contributed by atoms with Gasteiger partial charge in [0.2, 0.25) is 0 Å². The molecule has 0 unspecified atom stereocenters. The van der Waals surface area contributed by atoms with Gasteiger partial charge in [-0.25, -0.2) is 15.0 Å². The third-order valence-corrected chi connectivity index (χ3v) is 5.04. The Hall–Kier alpha value is -1.69. The number of fused-ring (bicyclic) bond motifs is 1. The molecule has 0 aliphatic heterocycles. The Morgan fingerprint density at radius 3 is 2.73 bits per heavy atom. The average Bonchev–Trinajstić information content (AvgIpc) is 3.15. The van der Waals surface area contributed by atoms with Crippen molar-refractivity contribution < 1.29 is 5.11 Å². The molecule has 0 saturated heterocycles. The van der Waals surface area contributed by atoms with Crippen LogP contribution in [0.15, 0.2) is 6.33 Å². The van der Waals surface area contributed by atoms with Gasteiger partial charge in [-0.15, -0.1) is 0 Å². The molecule has 2 aliphatic carbocycles. The van der Waals surface area contributed by atoms with Crippen LogP contribution in [0.2, 0.25) is 0 Å². The number of hydrogen-bond donors (Lipinski definition) is 3. The summed E-state index contributed by atoms with van der Waals surface area (Å²) in [6, 6.07) is 0.287. The number of aliphatic hydroxyl groups excluding tert-OH is 1. The zero-order valence-corrected chi connectivity index (χ0v) is 12.8. The zero-order valence-electron chi connectivity index (χ0n) is 12.8. The van der Waals surface area contributed by atoms with Gasteiger partial charge in [0.1, 0.15) is 17.7 Å². The third-order valence-electron chi connectivity index (χ3n) is 5.04. The van der Waals surface area contributed by atoms with Crippen LogP contribution in [0.4, 0.5) is 5.82 Å². The molecular formula is C16H23N5O. The molecule has 0 bridgehead atoms. The molecule has 0 amide bonds. The number of aromatic amines is 1. The highest BCUT2D eigenvalue weighted by molar-refractivity contribution is 5.82. The number of aromatic nitrogens is 4. The SMILES string of the molecule is O[C@H]1CC[C@@H](Nc2ncnc3nc(C4CCCCC4)[nH]c23)C1. The molecule has 3 N–H and O–H groups in total. The van der Waals surface area contributed by atoms with E-state index in [4.69, 9.17) is 4.98 Å². The molecule has 0 aromatic carbocycles. The highest BCUT2D eigenvalue weighted by Gasteiger charge is 2.25. The first-order valence-electron chi connectivity index (χ1n) is 8.45. The van der Waals surface area contributed by atoms with Crippen LogP contribution >= 0.6 is 0 Å². The Labute approximate surface area is 129 Å². The van der Waals surface area contributed by atoms with Gasteiger partial charge in [-0.3, -0.25) is 0 Å². The number of H-pyrrole nitrogens is 1. The van der Waals surface area contributed by atoms with Crippen molar-refractivity contribution in [1.29, 1.82) is 0 Å². The summed E-state index contributed by atoms with van der Waals surface area (Å²) in [7, 11) is 0. The maximum absolute atomic E-state index is 9.67. The van der Waals surface area contributed by atoms with Crippen molar-refractivity contribution in [2.24, 2.45) is 0 Å². The first-order valence-corrected chi connectivity index (χ1v) is 8.45. The molecule has 2 heterocycles. The fourth-order valence-electron chi connectivity index (χ4n) is 3.81. The fourth-order valence-corrected chi connectivity index (χ4v) is 3.81. The van der Waals surface area contributed by atoms with E-state index in [9.17, 15) is 5.11 Å². The average molecular weight is 301 g/mol. The second-order valence-corrected chi connectivity index (χ2v) is 6.69. The summed E-state index contributed by atoms with van der Waals surface area (Å²) in [5.41, 5.74) is 1.65. The van der Waals surface area contributed by atoms with Crippen molar-refractivity contribution in [3.05, 3.63) is 12.2 Å². The van der Waals surface area contributed by atoms with E-state index >= 15 is 0 Å². The Bertz CT molecular complexity index is 649. The van der Waals surface area contributed by atoms with E-state index < -0.39 is 0 Å². The van der Waals surface area contributed by atoms with Crippen LogP contribution in [-0.2, 0) is 0 Å². The minimum absolute atomic E-state index is 0.186. The van der Waals surface area contributed by atoms with E-state index in [-0.39, 0.29) is 12.1 Å². The van der Waals surface area contributed by atoms with Crippen molar-refractivity contribution in [2.75, 3.05) is 5.32 Å². The molecular weight excluding hydrogens is 278 g/mol. The molecule has 2 fully saturated rings. The predicted molar refractivity (Wildman–Crippen MR) is 84.8 cm³/mol. The van der Waals surface area contributed by atoms with Crippen molar-refractivity contribution >= 4 is 17.0 Å². The van der Waals surface area contributed by atoms with Crippen molar-refractivity contribution in [3.63, 3.8) is 0 Å². The monoisotopic (exact) mass is 301 g/mol. The van der Waals surface area contributed by atoms with Crippen molar-refractivity contribution in [1.82, 2.24) is 19.9 Å². The molecule has 0 spiro atoms. The van der Waals surface area contributed by atoms with E-state index in [0.717, 1.165) is 42.1 Å². The lowest BCUT2D eigenvalue weighted by atomic mass is 9.89. The quantitative estimate of drug-likeness (QED) is 0.811. The van der Waals surface area contributed by atoms with E-state index in [0.29, 0.717) is 5.92 Å². The Morgan fingerprint density at radius 1 is 1.09 bits per heavy atom. The lowest BCUT2D eigenvalue weighted by Crippen LogP contribution is -2.17. The molecule has 2 saturated carbocycles. The van der Waals surface area contributed by atoms with Crippen molar-refractivity contribution in [3.8, 4) is 0 Å². The molecule has 22 heavy (non-hydrogen) atoms. The van der Waals surface area contributed by atoms with Gasteiger partial charge in [0.25, 0.3) is 0 Å². The molecule has 6 nitrogen and oxygen atoms in total. The lowest BCUT2D eigenvalue weighted by molar-refractivity contribution is 0.182. The van der Waals surface area contributed by atoms with Gasteiger partial charge in [-0.05, 0) is 32.1 Å². The maximum atomic E-state index is 9.67. The minimum Gasteiger partial charge on any atom is -0.393 e. The Kier molecular flexibility index (Phi) is 3.70. The number of anilines is 1. The number of nitrogens with zero attached hydrogens (tertiary/aromatic N) is 3. The predicted octanol–water partition coefficient (Wildman–Crippen LogP) is 2.73. The minimum atomic E-state index is -0.186. The molecule has 2 aromatic rings. The molecule has 2 atom stereocenters. The molecule has 6 heteroatoms. The van der Waals surface area contributed by atoms with Gasteiger partial charge < -0.3 is 15.4 Å². The summed E-state index contributed by atoms with van der Waals surface area (Å²) in [6.07, 6.45) is 10.4. The summed E-state index contributed by atoms with van der Waals surface area (Å²) in [4.78, 5) is 16.8. The zero-order chi connectivity index (χ0) is 14.9. The Morgan fingerprint density at radius 2 is 1.95 bits per heavy atom. The van der Waals surface area contributed by atoms with Gasteiger partial charge in [0, 0.05) is 12.0 Å². The van der Waals surface area contributed by atoms with Crippen LogP contribution in [-0.4, -0.2) is 37.2 Å². The van der Waals surface area contributed by atoms with Crippen LogP contribution in [0.25, 0.3) is 11.2 Å². The molecule has 4 rings (SSSR count). The second kappa shape index (κ2) is 5.83. The number of aliphatic hydroxyl groups is 1. The maximum Gasteiger partial charge on any atom is 0.183 e. The summed E-state index contributed by atoms with van der Waals surface area (Å²) >= 11 is 0. The van der Waals surface area contributed by atoms with Crippen LogP contribution in [0.1, 0.15) is 63.1 Å². The van der Waals surface area contributed by atoms with Crippen LogP contribution in [0.3, 0.4) is 0 Å². The lowest BCUT2D eigenvalue weighted by Gasteiger charge is -2.19. The molecule has 118 valence electrons. The topological polar surface area (TPSA) is 86.7 Å². The van der Waals surface area contributed by atoms with E-state index in [1.807, 2.05) is 0 Å². The smallest absolute Gasteiger partial charge is 0.183 e. The standard InChI is InChI=1S/C16H23N5O/c22-12-7-6-11(8-12)19-15-13-16(18-9-17-15)21-14(20-13)10-4-2-1-3-5-10/h9-12,22H,1-8H2,(H2,17,18,19,20,21)/t11-,12+/m1/s1. The fraction of sp³-hybridized carbons (Fsp3) is 0.688. The number of nitrogens with one attached hydrogen (secondary N) is 2.